The van der Waals surface area contributed by atoms with Gasteiger partial charge in [0.1, 0.15) is 4.90 Å². The van der Waals surface area contributed by atoms with E-state index in [4.69, 9.17) is 10.3 Å². The lowest BCUT2D eigenvalue weighted by Crippen LogP contribution is -2.38. The predicted molar refractivity (Wildman–Crippen MR) is 88.7 cm³/mol. The monoisotopic (exact) mass is 350 g/mol. The zero-order chi connectivity index (χ0) is 16.9. The molecule has 2 aromatic heterocycles. The second-order valence-electron chi connectivity index (χ2n) is 6.85. The number of rotatable bonds is 3. The number of nitrogens with two attached hydrogens (primary N) is 1. The van der Waals surface area contributed by atoms with E-state index < -0.39 is 10.0 Å². The summed E-state index contributed by atoms with van der Waals surface area (Å²) in [7, 11) is -3.57. The van der Waals surface area contributed by atoms with Crippen molar-refractivity contribution >= 4 is 21.1 Å². The zero-order valence-corrected chi connectivity index (χ0v) is 14.5. The molecule has 130 valence electrons. The number of pyridine rings is 1. The summed E-state index contributed by atoms with van der Waals surface area (Å²) in [5, 5.41) is 4.61. The highest BCUT2D eigenvalue weighted by molar-refractivity contribution is 7.89. The fourth-order valence-corrected chi connectivity index (χ4v) is 5.58. The van der Waals surface area contributed by atoms with Crippen molar-refractivity contribution in [3.63, 3.8) is 0 Å². The highest BCUT2D eigenvalue weighted by atomic mass is 32.2. The molecule has 7 nitrogen and oxygen atoms in total. The summed E-state index contributed by atoms with van der Waals surface area (Å²) in [6.45, 7) is 3.02. The molecule has 1 aliphatic heterocycles. The molecule has 2 N–H and O–H groups in total. The highest BCUT2D eigenvalue weighted by Gasteiger charge is 2.43. The summed E-state index contributed by atoms with van der Waals surface area (Å²) >= 11 is 0. The van der Waals surface area contributed by atoms with Crippen LogP contribution in [0.25, 0.3) is 11.1 Å². The SMILES string of the molecule is CCc1noc2ncc(S(=O)(=O)N3CC4CCCC(N)C4C3)cc12. The van der Waals surface area contributed by atoms with Gasteiger partial charge in [0.2, 0.25) is 10.0 Å². The molecule has 3 atom stereocenters. The second-order valence-corrected chi connectivity index (χ2v) is 8.79. The molecule has 8 heteroatoms. The molecule has 0 amide bonds. The summed E-state index contributed by atoms with van der Waals surface area (Å²) in [4.78, 5) is 4.34. The van der Waals surface area contributed by atoms with Gasteiger partial charge in [-0.25, -0.2) is 13.4 Å². The van der Waals surface area contributed by atoms with E-state index in [2.05, 4.69) is 10.1 Å². The van der Waals surface area contributed by atoms with Gasteiger partial charge < -0.3 is 10.3 Å². The molecule has 0 aromatic carbocycles. The van der Waals surface area contributed by atoms with Gasteiger partial charge in [-0.2, -0.15) is 4.31 Å². The maximum absolute atomic E-state index is 13.0. The number of aryl methyl sites for hydroxylation is 1. The van der Waals surface area contributed by atoms with Gasteiger partial charge in [-0.1, -0.05) is 18.5 Å². The molecule has 1 saturated heterocycles. The minimum absolute atomic E-state index is 0.106. The molecule has 3 unspecified atom stereocenters. The minimum Gasteiger partial charge on any atom is -0.336 e. The molecule has 0 radical (unpaired) electrons. The maximum atomic E-state index is 13.0. The van der Waals surface area contributed by atoms with Crippen LogP contribution in [0.4, 0.5) is 0 Å². The Labute approximate surface area is 141 Å². The summed E-state index contributed by atoms with van der Waals surface area (Å²) in [5.74, 6) is 0.647. The van der Waals surface area contributed by atoms with Crippen LogP contribution in [0.2, 0.25) is 0 Å². The lowest BCUT2D eigenvalue weighted by Gasteiger charge is -2.29. The molecule has 0 spiro atoms. The van der Waals surface area contributed by atoms with Gasteiger partial charge in [-0.3, -0.25) is 0 Å². The number of sulfonamides is 1. The quantitative estimate of drug-likeness (QED) is 0.900. The zero-order valence-electron chi connectivity index (χ0n) is 13.7. The molecule has 2 aliphatic rings. The fraction of sp³-hybridized carbons (Fsp3) is 0.625. The Hall–Kier alpha value is -1.51. The first-order valence-electron chi connectivity index (χ1n) is 8.50. The topological polar surface area (TPSA) is 102 Å². The van der Waals surface area contributed by atoms with Gasteiger partial charge >= 0.3 is 0 Å². The van der Waals surface area contributed by atoms with Gasteiger partial charge in [-0.05, 0) is 37.2 Å². The van der Waals surface area contributed by atoms with Crippen molar-refractivity contribution in [2.24, 2.45) is 17.6 Å². The molecule has 1 saturated carbocycles. The standard InChI is InChI=1S/C16H22N4O3S/c1-2-15-12-6-11(7-18-16(12)23-19-15)24(21,22)20-8-10-4-3-5-14(17)13(10)9-20/h6-7,10,13-14H,2-5,8-9,17H2,1H3. The van der Waals surface area contributed by atoms with Gasteiger partial charge in [0.25, 0.3) is 5.71 Å². The van der Waals surface area contributed by atoms with E-state index in [1.54, 1.807) is 10.4 Å². The van der Waals surface area contributed by atoms with Crippen molar-refractivity contribution in [3.05, 3.63) is 18.0 Å². The molecule has 24 heavy (non-hydrogen) atoms. The summed E-state index contributed by atoms with van der Waals surface area (Å²) < 4.78 is 32.8. The molecule has 3 heterocycles. The summed E-state index contributed by atoms with van der Waals surface area (Å²) in [5.41, 5.74) is 7.31. The van der Waals surface area contributed by atoms with Crippen LogP contribution in [0, 0.1) is 11.8 Å². The van der Waals surface area contributed by atoms with Crippen molar-refractivity contribution < 1.29 is 12.9 Å². The molecule has 2 fully saturated rings. The normalized spacial score (nSPS) is 28.3. The first-order valence-corrected chi connectivity index (χ1v) is 9.94. The summed E-state index contributed by atoms with van der Waals surface area (Å²) in [6.07, 6.45) is 5.17. The third-order valence-electron chi connectivity index (χ3n) is 5.47. The lowest BCUT2D eigenvalue weighted by atomic mass is 9.78. The molecular formula is C16H22N4O3S. The Bertz CT molecular complexity index is 863. The van der Waals surface area contributed by atoms with E-state index in [0.29, 0.717) is 36.5 Å². The maximum Gasteiger partial charge on any atom is 0.258 e. The van der Waals surface area contributed by atoms with E-state index in [9.17, 15) is 8.42 Å². The third-order valence-corrected chi connectivity index (χ3v) is 7.27. The predicted octanol–water partition coefficient (Wildman–Crippen LogP) is 1.53. The number of hydrogen-bond acceptors (Lipinski definition) is 6. The number of hydrogen-bond donors (Lipinski definition) is 1. The van der Waals surface area contributed by atoms with Crippen LogP contribution in [-0.4, -0.2) is 42.0 Å². The molecule has 2 aromatic rings. The van der Waals surface area contributed by atoms with Crippen molar-refractivity contribution in [2.45, 2.75) is 43.5 Å². The molecule has 0 bridgehead atoms. The van der Waals surface area contributed by atoms with Crippen molar-refractivity contribution in [1.29, 1.82) is 0 Å². The fourth-order valence-electron chi connectivity index (χ4n) is 4.08. The van der Waals surface area contributed by atoms with E-state index in [0.717, 1.165) is 25.0 Å². The Morgan fingerprint density at radius 3 is 2.96 bits per heavy atom. The second kappa shape index (κ2) is 5.79. The smallest absolute Gasteiger partial charge is 0.258 e. The van der Waals surface area contributed by atoms with Crippen LogP contribution in [-0.2, 0) is 16.4 Å². The average molecular weight is 350 g/mol. The minimum atomic E-state index is -3.57. The van der Waals surface area contributed by atoms with Crippen LogP contribution < -0.4 is 5.73 Å². The van der Waals surface area contributed by atoms with E-state index in [1.807, 2.05) is 6.92 Å². The summed E-state index contributed by atoms with van der Waals surface area (Å²) in [6, 6.07) is 1.74. The van der Waals surface area contributed by atoms with Crippen LogP contribution >= 0.6 is 0 Å². The lowest BCUT2D eigenvalue weighted by molar-refractivity contribution is 0.260. The Morgan fingerprint density at radius 1 is 1.38 bits per heavy atom. The van der Waals surface area contributed by atoms with Crippen LogP contribution in [0.3, 0.4) is 0 Å². The van der Waals surface area contributed by atoms with Crippen LogP contribution in [0.1, 0.15) is 31.9 Å². The van der Waals surface area contributed by atoms with Crippen molar-refractivity contribution in [3.8, 4) is 0 Å². The van der Waals surface area contributed by atoms with Gasteiger partial charge in [0.05, 0.1) is 17.3 Å². The third kappa shape index (κ3) is 2.44. The largest absolute Gasteiger partial charge is 0.336 e. The molecule has 4 rings (SSSR count). The van der Waals surface area contributed by atoms with E-state index in [-0.39, 0.29) is 16.9 Å². The highest BCUT2D eigenvalue weighted by Crippen LogP contribution is 2.38. The van der Waals surface area contributed by atoms with Crippen molar-refractivity contribution in [2.75, 3.05) is 13.1 Å². The van der Waals surface area contributed by atoms with E-state index in [1.165, 1.54) is 6.20 Å². The number of fused-ring (bicyclic) bond motifs is 2. The van der Waals surface area contributed by atoms with Crippen LogP contribution in [0.15, 0.2) is 21.7 Å². The number of aromatic nitrogens is 2. The first kappa shape index (κ1) is 16.0. The van der Waals surface area contributed by atoms with Gasteiger partial charge in [0, 0.05) is 19.1 Å². The van der Waals surface area contributed by atoms with Crippen LogP contribution in [0.5, 0.6) is 0 Å². The Balaban J connectivity index is 1.68. The van der Waals surface area contributed by atoms with E-state index >= 15 is 0 Å². The first-order chi connectivity index (χ1) is 11.5. The van der Waals surface area contributed by atoms with Crippen molar-refractivity contribution in [1.82, 2.24) is 14.4 Å². The number of nitrogens with zero attached hydrogens (tertiary/aromatic N) is 3. The Kier molecular flexibility index (Phi) is 3.85. The Morgan fingerprint density at radius 2 is 2.21 bits per heavy atom. The van der Waals surface area contributed by atoms with Gasteiger partial charge in [-0.15, -0.1) is 0 Å². The molecule has 1 aliphatic carbocycles. The van der Waals surface area contributed by atoms with Gasteiger partial charge in [0.15, 0.2) is 0 Å². The average Bonchev–Trinajstić information content (AvgIpc) is 3.19. The molecular weight excluding hydrogens is 328 g/mol.